The molecular formula is C14H18O8. The third-order valence-corrected chi connectivity index (χ3v) is 3.80. The average Bonchev–Trinajstić information content (AvgIpc) is 3.15. The van der Waals surface area contributed by atoms with Crippen LogP contribution < -0.4 is 0 Å². The van der Waals surface area contributed by atoms with E-state index in [2.05, 4.69) is 0 Å². The fraction of sp³-hybridized carbons (Fsp3) is 0.714. The predicted octanol–water partition coefficient (Wildman–Crippen LogP) is -0.166. The Kier molecular flexibility index (Phi) is 4.50. The van der Waals surface area contributed by atoms with Crippen LogP contribution in [0.2, 0.25) is 0 Å². The Labute approximate surface area is 127 Å². The first kappa shape index (κ1) is 16.4. The highest BCUT2D eigenvalue weighted by Crippen LogP contribution is 2.64. The summed E-state index contributed by atoms with van der Waals surface area (Å²) in [5.74, 6) is -4.58. The van der Waals surface area contributed by atoms with E-state index in [9.17, 15) is 19.2 Å². The standard InChI is InChI=1S/C14H18O8/c1-4-19-12(17)14(13(18)20-5-2)9-8(16)6-21-11(10(9)14)22-7(3)15/h9-11H,4-6H2,1-3H3/t9-,10-,11+/m1/s1. The number of esters is 3. The van der Waals surface area contributed by atoms with Gasteiger partial charge in [-0.3, -0.25) is 19.2 Å². The zero-order valence-electron chi connectivity index (χ0n) is 12.6. The number of hydrogen-bond acceptors (Lipinski definition) is 8. The summed E-state index contributed by atoms with van der Waals surface area (Å²) in [6, 6.07) is 0. The zero-order valence-corrected chi connectivity index (χ0v) is 12.6. The summed E-state index contributed by atoms with van der Waals surface area (Å²) >= 11 is 0. The molecule has 1 aliphatic heterocycles. The van der Waals surface area contributed by atoms with Crippen LogP contribution >= 0.6 is 0 Å². The number of hydrogen-bond donors (Lipinski definition) is 0. The third kappa shape index (κ3) is 2.37. The van der Waals surface area contributed by atoms with Crippen LogP contribution in [0.15, 0.2) is 0 Å². The summed E-state index contributed by atoms with van der Waals surface area (Å²) in [5.41, 5.74) is -1.78. The number of rotatable bonds is 5. The number of ketones is 1. The van der Waals surface area contributed by atoms with Gasteiger partial charge in [0, 0.05) is 6.92 Å². The van der Waals surface area contributed by atoms with E-state index in [1.54, 1.807) is 13.8 Å². The van der Waals surface area contributed by atoms with Crippen molar-refractivity contribution in [3.8, 4) is 0 Å². The summed E-state index contributed by atoms with van der Waals surface area (Å²) in [7, 11) is 0. The largest absolute Gasteiger partial charge is 0.465 e. The van der Waals surface area contributed by atoms with Gasteiger partial charge in [0.15, 0.2) is 11.2 Å². The minimum Gasteiger partial charge on any atom is -0.465 e. The van der Waals surface area contributed by atoms with Gasteiger partial charge in [-0.15, -0.1) is 0 Å². The lowest BCUT2D eigenvalue weighted by atomic mass is 10.0. The molecule has 0 aromatic rings. The maximum Gasteiger partial charge on any atom is 0.324 e. The summed E-state index contributed by atoms with van der Waals surface area (Å²) in [5, 5.41) is 0. The molecule has 2 fully saturated rings. The van der Waals surface area contributed by atoms with Gasteiger partial charge in [-0.2, -0.15) is 0 Å². The van der Waals surface area contributed by atoms with Gasteiger partial charge in [0.2, 0.25) is 6.29 Å². The van der Waals surface area contributed by atoms with Crippen LogP contribution in [0, 0.1) is 17.3 Å². The second kappa shape index (κ2) is 6.04. The maximum absolute atomic E-state index is 12.3. The smallest absolute Gasteiger partial charge is 0.324 e. The highest BCUT2D eigenvalue weighted by Gasteiger charge is 2.83. The normalized spacial score (nSPS) is 28.3. The summed E-state index contributed by atoms with van der Waals surface area (Å²) in [6.07, 6.45) is -1.14. The molecule has 0 aromatic heterocycles. The molecule has 2 aliphatic rings. The van der Waals surface area contributed by atoms with Crippen molar-refractivity contribution in [3.63, 3.8) is 0 Å². The molecule has 0 bridgehead atoms. The van der Waals surface area contributed by atoms with Crippen molar-refractivity contribution in [1.29, 1.82) is 0 Å². The molecule has 3 atom stereocenters. The van der Waals surface area contributed by atoms with Crippen molar-refractivity contribution < 1.29 is 38.1 Å². The molecule has 8 nitrogen and oxygen atoms in total. The lowest BCUT2D eigenvalue weighted by molar-refractivity contribution is -0.194. The minimum absolute atomic E-state index is 0.0483. The van der Waals surface area contributed by atoms with Crippen LogP contribution in [0.25, 0.3) is 0 Å². The van der Waals surface area contributed by atoms with Crippen LogP contribution in [0.3, 0.4) is 0 Å². The summed E-state index contributed by atoms with van der Waals surface area (Å²) in [6.45, 7) is 4.11. The Morgan fingerprint density at radius 1 is 1.18 bits per heavy atom. The first-order chi connectivity index (χ1) is 10.4. The fourth-order valence-electron chi connectivity index (χ4n) is 2.98. The van der Waals surface area contributed by atoms with Gasteiger partial charge in [-0.25, -0.2) is 0 Å². The Morgan fingerprint density at radius 3 is 2.18 bits per heavy atom. The first-order valence-electron chi connectivity index (χ1n) is 7.07. The third-order valence-electron chi connectivity index (χ3n) is 3.80. The molecular weight excluding hydrogens is 296 g/mol. The predicted molar refractivity (Wildman–Crippen MR) is 69.2 cm³/mol. The molecule has 1 heterocycles. The second-order valence-electron chi connectivity index (χ2n) is 5.07. The van der Waals surface area contributed by atoms with Gasteiger partial charge in [0.05, 0.1) is 25.0 Å². The molecule has 2 rings (SSSR count). The van der Waals surface area contributed by atoms with Crippen molar-refractivity contribution in [2.75, 3.05) is 19.8 Å². The van der Waals surface area contributed by atoms with Crippen molar-refractivity contribution in [3.05, 3.63) is 0 Å². The lowest BCUT2D eigenvalue weighted by Crippen LogP contribution is -2.36. The quantitative estimate of drug-likeness (QED) is 0.391. The Balaban J connectivity index is 2.36. The van der Waals surface area contributed by atoms with Gasteiger partial charge in [0.1, 0.15) is 6.61 Å². The summed E-state index contributed by atoms with van der Waals surface area (Å²) in [4.78, 5) is 47.8. The van der Waals surface area contributed by atoms with Crippen LogP contribution in [0.1, 0.15) is 20.8 Å². The zero-order chi connectivity index (χ0) is 16.5. The number of fused-ring (bicyclic) bond motifs is 1. The molecule has 0 spiro atoms. The van der Waals surface area contributed by atoms with Crippen molar-refractivity contribution in [2.24, 2.45) is 17.3 Å². The van der Waals surface area contributed by atoms with Gasteiger partial charge in [0.25, 0.3) is 0 Å². The van der Waals surface area contributed by atoms with E-state index in [-0.39, 0.29) is 19.8 Å². The van der Waals surface area contributed by atoms with Gasteiger partial charge in [-0.1, -0.05) is 0 Å². The highest BCUT2D eigenvalue weighted by atomic mass is 16.7. The van der Waals surface area contributed by atoms with Crippen LogP contribution in [0.4, 0.5) is 0 Å². The van der Waals surface area contributed by atoms with Gasteiger partial charge < -0.3 is 18.9 Å². The second-order valence-corrected chi connectivity index (χ2v) is 5.07. The van der Waals surface area contributed by atoms with E-state index in [0.717, 1.165) is 0 Å². The van der Waals surface area contributed by atoms with Crippen molar-refractivity contribution in [2.45, 2.75) is 27.1 Å². The van der Waals surface area contributed by atoms with E-state index in [1.807, 2.05) is 0 Å². The van der Waals surface area contributed by atoms with Crippen LogP contribution in [-0.2, 0) is 38.1 Å². The topological polar surface area (TPSA) is 105 Å². The number of ether oxygens (including phenoxy) is 4. The average molecular weight is 314 g/mol. The monoisotopic (exact) mass is 314 g/mol. The van der Waals surface area contributed by atoms with E-state index < -0.39 is 47.2 Å². The SMILES string of the molecule is CCOC(=O)C1(C(=O)OCC)[C@H]2[C@H](OC(C)=O)OCC(=O)[C@H]21. The maximum atomic E-state index is 12.3. The number of Topliss-reactive ketones (excluding diaryl/α,β-unsaturated/α-hetero) is 1. The van der Waals surface area contributed by atoms with Crippen molar-refractivity contribution >= 4 is 23.7 Å². The number of carbonyl (C=O) groups is 4. The molecule has 8 heteroatoms. The molecule has 0 aromatic carbocycles. The van der Waals surface area contributed by atoms with E-state index in [4.69, 9.17) is 18.9 Å². The minimum atomic E-state index is -1.78. The Hall–Kier alpha value is -1.96. The molecule has 1 aliphatic carbocycles. The van der Waals surface area contributed by atoms with Gasteiger partial charge >= 0.3 is 17.9 Å². The van der Waals surface area contributed by atoms with E-state index >= 15 is 0 Å². The molecule has 0 unspecified atom stereocenters. The molecule has 0 N–H and O–H groups in total. The van der Waals surface area contributed by atoms with Gasteiger partial charge in [-0.05, 0) is 13.8 Å². The molecule has 1 saturated carbocycles. The number of carbonyl (C=O) groups excluding carboxylic acids is 4. The lowest BCUT2D eigenvalue weighted by Gasteiger charge is -2.21. The highest BCUT2D eigenvalue weighted by molar-refractivity contribution is 6.11. The Morgan fingerprint density at radius 2 is 1.73 bits per heavy atom. The molecule has 22 heavy (non-hydrogen) atoms. The molecule has 122 valence electrons. The fourth-order valence-corrected chi connectivity index (χ4v) is 2.98. The van der Waals surface area contributed by atoms with E-state index in [0.29, 0.717) is 0 Å². The first-order valence-corrected chi connectivity index (χ1v) is 7.07. The van der Waals surface area contributed by atoms with Crippen molar-refractivity contribution in [1.82, 2.24) is 0 Å². The molecule has 0 radical (unpaired) electrons. The molecule has 1 saturated heterocycles. The molecule has 0 amide bonds. The van der Waals surface area contributed by atoms with Crippen LogP contribution in [0.5, 0.6) is 0 Å². The Bertz CT molecular complexity index is 493. The van der Waals surface area contributed by atoms with E-state index in [1.165, 1.54) is 6.92 Å². The van der Waals surface area contributed by atoms with Crippen LogP contribution in [-0.4, -0.2) is 49.8 Å². The summed E-state index contributed by atoms with van der Waals surface area (Å²) < 4.78 is 20.0.